The molecule has 0 aliphatic rings. The molecule has 0 atom stereocenters. The quantitative estimate of drug-likeness (QED) is 0.541. The second-order valence-electron chi connectivity index (χ2n) is 4.56. The fraction of sp³-hybridized carbons (Fsp3) is 0.0588. The Balaban J connectivity index is 2.09. The van der Waals surface area contributed by atoms with Crippen LogP contribution in [-0.2, 0) is 11.3 Å². The molecule has 21 heavy (non-hydrogen) atoms. The Morgan fingerprint density at radius 1 is 1.00 bits per heavy atom. The number of benzene rings is 2. The zero-order valence-electron chi connectivity index (χ0n) is 11.3. The first-order valence-electron chi connectivity index (χ1n) is 6.61. The first kappa shape index (κ1) is 13.0. The molecule has 0 bridgehead atoms. The van der Waals surface area contributed by atoms with Crippen molar-refractivity contribution in [3.05, 3.63) is 72.4 Å². The van der Waals surface area contributed by atoms with Gasteiger partial charge in [0.1, 0.15) is 0 Å². The van der Waals surface area contributed by atoms with Crippen molar-refractivity contribution in [1.29, 1.82) is 0 Å². The second-order valence-corrected chi connectivity index (χ2v) is 4.56. The van der Waals surface area contributed by atoms with Gasteiger partial charge in [-0.1, -0.05) is 48.5 Å². The van der Waals surface area contributed by atoms with E-state index >= 15 is 0 Å². The third-order valence-corrected chi connectivity index (χ3v) is 3.17. The molecule has 3 aromatic rings. The van der Waals surface area contributed by atoms with Crippen molar-refractivity contribution in [3.8, 4) is 16.9 Å². The number of hydrogen-bond donors (Lipinski definition) is 0. The van der Waals surface area contributed by atoms with Crippen LogP contribution in [0.2, 0.25) is 0 Å². The van der Waals surface area contributed by atoms with Crippen LogP contribution < -0.4 is 0 Å². The maximum absolute atomic E-state index is 10.4. The minimum Gasteiger partial charge on any atom is -0.240 e. The van der Waals surface area contributed by atoms with Gasteiger partial charge in [0.25, 0.3) is 0 Å². The minimum absolute atomic E-state index is 0.278. The summed E-state index contributed by atoms with van der Waals surface area (Å²) in [5.74, 6) is 0. The Morgan fingerprint density at radius 2 is 1.67 bits per heavy atom. The van der Waals surface area contributed by atoms with Crippen LogP contribution in [0.25, 0.3) is 16.9 Å². The molecule has 4 heteroatoms. The summed E-state index contributed by atoms with van der Waals surface area (Å²) >= 11 is 0. The smallest absolute Gasteiger partial charge is 0.235 e. The molecule has 2 aromatic carbocycles. The standard InChI is InChI=1S/C17H13N3O/c21-13-18-11-15-12-20(16-9-5-2-6-10-16)19-17(15)14-7-3-1-4-8-14/h1-10,12H,11H2. The maximum atomic E-state index is 10.4. The van der Waals surface area contributed by atoms with E-state index in [0.717, 1.165) is 22.5 Å². The number of carbonyl (C=O) groups excluding carboxylic acids is 1. The van der Waals surface area contributed by atoms with Crippen LogP contribution >= 0.6 is 0 Å². The van der Waals surface area contributed by atoms with Gasteiger partial charge >= 0.3 is 0 Å². The summed E-state index contributed by atoms with van der Waals surface area (Å²) in [6, 6.07) is 19.7. The van der Waals surface area contributed by atoms with Gasteiger partial charge in [-0.3, -0.25) is 0 Å². The minimum atomic E-state index is 0.278. The second kappa shape index (κ2) is 5.99. The predicted octanol–water partition coefficient (Wildman–Crippen LogP) is 3.38. The third kappa shape index (κ3) is 2.81. The summed E-state index contributed by atoms with van der Waals surface area (Å²) < 4.78 is 1.80. The van der Waals surface area contributed by atoms with E-state index in [2.05, 4.69) is 10.1 Å². The number of nitrogens with zero attached hydrogens (tertiary/aromatic N) is 3. The number of isocyanates is 1. The molecule has 0 saturated heterocycles. The summed E-state index contributed by atoms with van der Waals surface area (Å²) in [4.78, 5) is 14.1. The lowest BCUT2D eigenvalue weighted by Crippen LogP contribution is -1.93. The molecule has 0 aliphatic carbocycles. The molecule has 0 radical (unpaired) electrons. The van der Waals surface area contributed by atoms with Crippen molar-refractivity contribution in [2.75, 3.05) is 0 Å². The lowest BCUT2D eigenvalue weighted by Gasteiger charge is -2.00. The van der Waals surface area contributed by atoms with Gasteiger partial charge in [-0.05, 0) is 12.1 Å². The monoisotopic (exact) mass is 275 g/mol. The molecule has 102 valence electrons. The average molecular weight is 275 g/mol. The molecule has 0 saturated carbocycles. The van der Waals surface area contributed by atoms with E-state index < -0.39 is 0 Å². The Hall–Kier alpha value is -2.97. The molecular weight excluding hydrogens is 262 g/mol. The van der Waals surface area contributed by atoms with Crippen molar-refractivity contribution in [2.24, 2.45) is 4.99 Å². The summed E-state index contributed by atoms with van der Waals surface area (Å²) in [6.07, 6.45) is 3.48. The molecule has 1 aromatic heterocycles. The first-order valence-corrected chi connectivity index (χ1v) is 6.61. The molecule has 0 spiro atoms. The molecule has 0 aliphatic heterocycles. The fourth-order valence-electron chi connectivity index (χ4n) is 2.19. The molecule has 1 heterocycles. The number of aliphatic imine (C=N–C) groups is 1. The molecule has 0 amide bonds. The van der Waals surface area contributed by atoms with Crippen molar-refractivity contribution in [1.82, 2.24) is 9.78 Å². The van der Waals surface area contributed by atoms with E-state index in [9.17, 15) is 4.79 Å². The van der Waals surface area contributed by atoms with Crippen molar-refractivity contribution in [2.45, 2.75) is 6.54 Å². The molecule has 4 nitrogen and oxygen atoms in total. The highest BCUT2D eigenvalue weighted by Crippen LogP contribution is 2.24. The first-order chi connectivity index (χ1) is 10.4. The third-order valence-electron chi connectivity index (χ3n) is 3.17. The van der Waals surface area contributed by atoms with Crippen LogP contribution in [0.15, 0.2) is 71.9 Å². The fourth-order valence-corrected chi connectivity index (χ4v) is 2.19. The lowest BCUT2D eigenvalue weighted by molar-refractivity contribution is 0.563. The number of para-hydroxylation sites is 1. The predicted molar refractivity (Wildman–Crippen MR) is 80.8 cm³/mol. The average Bonchev–Trinajstić information content (AvgIpc) is 2.99. The van der Waals surface area contributed by atoms with Crippen LogP contribution in [0.3, 0.4) is 0 Å². The highest BCUT2D eigenvalue weighted by atomic mass is 16.1. The highest BCUT2D eigenvalue weighted by molar-refractivity contribution is 5.63. The van der Waals surface area contributed by atoms with Crippen molar-refractivity contribution in [3.63, 3.8) is 0 Å². The van der Waals surface area contributed by atoms with Crippen LogP contribution in [0.1, 0.15) is 5.56 Å². The Bertz CT molecular complexity index is 772. The molecule has 0 N–H and O–H groups in total. The summed E-state index contributed by atoms with van der Waals surface area (Å²) in [5.41, 5.74) is 3.70. The van der Waals surface area contributed by atoms with Crippen molar-refractivity contribution < 1.29 is 4.79 Å². The van der Waals surface area contributed by atoms with Gasteiger partial charge in [0, 0.05) is 17.3 Å². The molecule has 0 unspecified atom stereocenters. The van der Waals surface area contributed by atoms with E-state index in [-0.39, 0.29) is 6.54 Å². The van der Waals surface area contributed by atoms with E-state index in [1.54, 1.807) is 10.8 Å². The Morgan fingerprint density at radius 3 is 2.33 bits per heavy atom. The van der Waals surface area contributed by atoms with Crippen molar-refractivity contribution >= 4 is 6.08 Å². The van der Waals surface area contributed by atoms with E-state index in [4.69, 9.17) is 0 Å². The molecule has 3 rings (SSSR count). The Labute approximate surface area is 122 Å². The van der Waals surface area contributed by atoms with Gasteiger partial charge in [-0.25, -0.2) is 14.5 Å². The lowest BCUT2D eigenvalue weighted by atomic mass is 10.1. The number of hydrogen-bond acceptors (Lipinski definition) is 3. The zero-order chi connectivity index (χ0) is 14.5. The topological polar surface area (TPSA) is 47.2 Å². The largest absolute Gasteiger partial charge is 0.240 e. The number of aromatic nitrogens is 2. The van der Waals surface area contributed by atoms with Crippen LogP contribution in [-0.4, -0.2) is 15.9 Å². The van der Waals surface area contributed by atoms with Gasteiger partial charge in [-0.2, -0.15) is 5.10 Å². The van der Waals surface area contributed by atoms with E-state index in [0.29, 0.717) is 0 Å². The van der Waals surface area contributed by atoms with Gasteiger partial charge in [0.2, 0.25) is 6.08 Å². The van der Waals surface area contributed by atoms with Gasteiger partial charge in [0.05, 0.1) is 17.9 Å². The zero-order valence-corrected chi connectivity index (χ0v) is 11.3. The highest BCUT2D eigenvalue weighted by Gasteiger charge is 2.11. The van der Waals surface area contributed by atoms with Crippen LogP contribution in [0.4, 0.5) is 0 Å². The molecule has 0 fully saturated rings. The summed E-state index contributed by atoms with van der Waals surface area (Å²) in [5, 5.41) is 4.63. The van der Waals surface area contributed by atoms with E-state index in [1.807, 2.05) is 66.9 Å². The SMILES string of the molecule is O=C=NCc1cn(-c2ccccc2)nc1-c1ccccc1. The normalized spacial score (nSPS) is 10.1. The number of rotatable bonds is 4. The Kier molecular flexibility index (Phi) is 3.72. The van der Waals surface area contributed by atoms with Crippen LogP contribution in [0, 0.1) is 0 Å². The summed E-state index contributed by atoms with van der Waals surface area (Å²) in [6.45, 7) is 0.278. The van der Waals surface area contributed by atoms with Gasteiger partial charge < -0.3 is 0 Å². The van der Waals surface area contributed by atoms with Gasteiger partial charge in [0.15, 0.2) is 0 Å². The summed E-state index contributed by atoms with van der Waals surface area (Å²) in [7, 11) is 0. The maximum Gasteiger partial charge on any atom is 0.235 e. The van der Waals surface area contributed by atoms with E-state index in [1.165, 1.54) is 0 Å². The van der Waals surface area contributed by atoms with Gasteiger partial charge in [-0.15, -0.1) is 0 Å². The van der Waals surface area contributed by atoms with Crippen LogP contribution in [0.5, 0.6) is 0 Å². The molecular formula is C17H13N3O.